The van der Waals surface area contributed by atoms with Gasteiger partial charge in [0.25, 0.3) is 11.1 Å². The van der Waals surface area contributed by atoms with Crippen LogP contribution in [-0.2, 0) is 4.79 Å². The Morgan fingerprint density at radius 1 is 1.05 bits per heavy atom. The molecule has 11 nitrogen and oxygen atoms in total. The highest BCUT2D eigenvalue weighted by Gasteiger charge is 2.49. The van der Waals surface area contributed by atoms with Crippen molar-refractivity contribution in [2.24, 2.45) is 4.99 Å². The zero-order chi connectivity index (χ0) is 26.9. The van der Waals surface area contributed by atoms with Crippen molar-refractivity contribution in [2.45, 2.75) is 23.9 Å². The van der Waals surface area contributed by atoms with E-state index in [-0.39, 0.29) is 5.91 Å². The number of rotatable bonds is 7. The van der Waals surface area contributed by atoms with Crippen LogP contribution < -0.4 is 15.0 Å². The average Bonchev–Trinajstić information content (AvgIpc) is 3.56. The molecule has 2 aromatic carbocycles. The number of aromatic nitrogens is 1. The van der Waals surface area contributed by atoms with Crippen LogP contribution in [0, 0.1) is 0 Å². The van der Waals surface area contributed by atoms with Crippen LogP contribution in [0.4, 0.5) is 10.5 Å². The number of amides is 3. The number of nitrogens with zero attached hydrogens (tertiary/aromatic N) is 6. The summed E-state index contributed by atoms with van der Waals surface area (Å²) in [5, 5.41) is 3.13. The van der Waals surface area contributed by atoms with E-state index in [4.69, 9.17) is 14.1 Å². The molecule has 3 aliphatic heterocycles. The second-order valence-corrected chi connectivity index (χ2v) is 10.8. The Balaban J connectivity index is 1.13. The molecule has 0 spiro atoms. The van der Waals surface area contributed by atoms with E-state index in [9.17, 15) is 9.59 Å². The maximum Gasteiger partial charge on any atom is 0.325 e. The predicted octanol–water partition coefficient (Wildman–Crippen LogP) is 2.69. The van der Waals surface area contributed by atoms with Gasteiger partial charge in [-0.2, -0.15) is 0 Å². The molecule has 3 aliphatic rings. The van der Waals surface area contributed by atoms with Crippen molar-refractivity contribution in [1.29, 1.82) is 0 Å². The van der Waals surface area contributed by atoms with Gasteiger partial charge in [0.05, 0.1) is 7.11 Å². The summed E-state index contributed by atoms with van der Waals surface area (Å²) in [4.78, 5) is 42.9. The molecule has 2 fully saturated rings. The molecule has 0 bridgehead atoms. The van der Waals surface area contributed by atoms with Crippen LogP contribution in [0.15, 0.2) is 63.2 Å². The van der Waals surface area contributed by atoms with Gasteiger partial charge >= 0.3 is 6.03 Å². The van der Waals surface area contributed by atoms with Gasteiger partial charge in [0.15, 0.2) is 23.8 Å². The van der Waals surface area contributed by atoms with Crippen LogP contribution in [0.2, 0.25) is 0 Å². The predicted molar refractivity (Wildman–Crippen MR) is 149 cm³/mol. The summed E-state index contributed by atoms with van der Waals surface area (Å²) in [6.07, 6.45) is 0.258. The number of carbonyl (C=O) groups is 2. The minimum absolute atomic E-state index is 0.301. The molecule has 6 rings (SSSR count). The number of anilines is 1. The normalized spacial score (nSPS) is 21.3. The average molecular weight is 550 g/mol. The number of guanidine groups is 1. The molecular weight excluding hydrogens is 518 g/mol. The molecule has 3 aromatic rings. The summed E-state index contributed by atoms with van der Waals surface area (Å²) in [6.45, 7) is 3.79. The molecule has 204 valence electrons. The van der Waals surface area contributed by atoms with Gasteiger partial charge in [-0.05, 0) is 42.8 Å². The van der Waals surface area contributed by atoms with Gasteiger partial charge in [0.1, 0.15) is 11.3 Å². The molecule has 2 atom stereocenters. The van der Waals surface area contributed by atoms with Gasteiger partial charge in [-0.25, -0.2) is 14.8 Å². The molecule has 0 radical (unpaired) electrons. The van der Waals surface area contributed by atoms with Crippen LogP contribution in [-0.4, -0.2) is 102 Å². The number of urea groups is 1. The standard InChI is InChI=1S/C27H31N7O4S/c1-31-23-22(24(35)30-26(31)36)34(12-5-17-39-27-28-20-6-3-4-7-21(20)38-27)25(29-23)33-15-13-32(14-16-33)18-8-10-19(37-2)11-9-18/h3-4,6-11,22-23H,5,12-17H2,1-2H3,(H,30,35,36). The Labute approximate surface area is 230 Å². The van der Waals surface area contributed by atoms with E-state index in [2.05, 4.69) is 37.1 Å². The number of likely N-dealkylation sites (N-methyl/N-ethyl adjacent to an activating group) is 1. The summed E-state index contributed by atoms with van der Waals surface area (Å²) < 4.78 is 11.1. The fourth-order valence-corrected chi connectivity index (χ4v) is 6.04. The maximum atomic E-state index is 13.0. The highest BCUT2D eigenvalue weighted by Crippen LogP contribution is 2.29. The topological polar surface area (TPSA) is 107 Å². The number of piperazine rings is 1. The van der Waals surface area contributed by atoms with E-state index in [1.807, 2.05) is 36.4 Å². The number of ether oxygens (including phenoxy) is 1. The van der Waals surface area contributed by atoms with Crippen molar-refractivity contribution in [3.05, 3.63) is 48.5 Å². The lowest BCUT2D eigenvalue weighted by Crippen LogP contribution is -2.64. The Hall–Kier alpha value is -3.93. The van der Waals surface area contributed by atoms with Gasteiger partial charge in [0, 0.05) is 51.2 Å². The lowest BCUT2D eigenvalue weighted by atomic mass is 10.1. The maximum absolute atomic E-state index is 13.0. The monoisotopic (exact) mass is 549 g/mol. The fourth-order valence-electron chi connectivity index (χ4n) is 5.28. The first-order chi connectivity index (χ1) is 19.0. The summed E-state index contributed by atoms with van der Waals surface area (Å²) in [5.74, 6) is 2.09. The van der Waals surface area contributed by atoms with E-state index in [0.717, 1.165) is 66.8 Å². The number of hydrogen-bond acceptors (Lipinski definition) is 10. The van der Waals surface area contributed by atoms with Crippen LogP contribution in [0.5, 0.6) is 5.75 Å². The number of thioether (sulfide) groups is 1. The van der Waals surface area contributed by atoms with E-state index in [1.165, 1.54) is 4.90 Å². The molecular formula is C27H31N7O4S. The number of para-hydroxylation sites is 2. The highest BCUT2D eigenvalue weighted by atomic mass is 32.2. The van der Waals surface area contributed by atoms with Crippen LogP contribution in [0.3, 0.4) is 0 Å². The number of hydrogen-bond donors (Lipinski definition) is 1. The largest absolute Gasteiger partial charge is 0.497 e. The molecule has 0 saturated carbocycles. The zero-order valence-electron chi connectivity index (χ0n) is 21.9. The fraction of sp³-hybridized carbons (Fsp3) is 0.407. The Morgan fingerprint density at radius 2 is 1.79 bits per heavy atom. The van der Waals surface area contributed by atoms with Gasteiger partial charge in [-0.15, -0.1) is 0 Å². The molecule has 2 saturated heterocycles. The third-order valence-electron chi connectivity index (χ3n) is 7.38. The van der Waals surface area contributed by atoms with Crippen LogP contribution in [0.1, 0.15) is 6.42 Å². The van der Waals surface area contributed by atoms with Crippen LogP contribution in [0.25, 0.3) is 11.1 Å². The summed E-state index contributed by atoms with van der Waals surface area (Å²) in [7, 11) is 3.36. The Bertz CT molecular complexity index is 1350. The number of methoxy groups -OCH3 is 1. The minimum Gasteiger partial charge on any atom is -0.497 e. The quantitative estimate of drug-likeness (QED) is 0.352. The smallest absolute Gasteiger partial charge is 0.325 e. The molecule has 3 amide bonds. The summed E-state index contributed by atoms with van der Waals surface area (Å²) in [5.41, 5.74) is 2.77. The second kappa shape index (κ2) is 10.7. The van der Waals surface area contributed by atoms with E-state index in [1.54, 1.807) is 25.9 Å². The van der Waals surface area contributed by atoms with Crippen molar-refractivity contribution in [3.63, 3.8) is 0 Å². The molecule has 12 heteroatoms. The van der Waals surface area contributed by atoms with E-state index < -0.39 is 18.2 Å². The van der Waals surface area contributed by atoms with Crippen molar-refractivity contribution in [2.75, 3.05) is 57.5 Å². The molecule has 1 aromatic heterocycles. The van der Waals surface area contributed by atoms with Gasteiger partial charge in [-0.3, -0.25) is 10.1 Å². The summed E-state index contributed by atoms with van der Waals surface area (Å²) >= 11 is 1.56. The number of aliphatic imine (C=N–C) groups is 1. The third kappa shape index (κ3) is 4.96. The molecule has 4 heterocycles. The number of benzene rings is 2. The number of imide groups is 1. The van der Waals surface area contributed by atoms with Crippen molar-refractivity contribution < 1.29 is 18.7 Å². The first kappa shape index (κ1) is 25.4. The lowest BCUT2D eigenvalue weighted by Gasteiger charge is -2.41. The van der Waals surface area contributed by atoms with Crippen molar-refractivity contribution in [3.8, 4) is 5.75 Å². The van der Waals surface area contributed by atoms with E-state index in [0.29, 0.717) is 11.8 Å². The highest BCUT2D eigenvalue weighted by molar-refractivity contribution is 7.99. The van der Waals surface area contributed by atoms with Crippen molar-refractivity contribution in [1.82, 2.24) is 25.0 Å². The first-order valence-corrected chi connectivity index (χ1v) is 14.0. The Morgan fingerprint density at radius 3 is 2.54 bits per heavy atom. The first-order valence-electron chi connectivity index (χ1n) is 13.1. The molecule has 2 unspecified atom stereocenters. The molecule has 39 heavy (non-hydrogen) atoms. The van der Waals surface area contributed by atoms with Gasteiger partial charge < -0.3 is 28.8 Å². The minimum atomic E-state index is -0.545. The number of nitrogens with one attached hydrogen (secondary N) is 1. The second-order valence-electron chi connectivity index (χ2n) is 9.71. The lowest BCUT2D eigenvalue weighted by molar-refractivity contribution is -0.127. The van der Waals surface area contributed by atoms with Gasteiger partial charge in [0.2, 0.25) is 0 Å². The molecule has 1 N–H and O–H groups in total. The van der Waals surface area contributed by atoms with Gasteiger partial charge in [-0.1, -0.05) is 23.9 Å². The van der Waals surface area contributed by atoms with E-state index >= 15 is 0 Å². The third-order valence-corrected chi connectivity index (χ3v) is 8.30. The number of fused-ring (bicyclic) bond motifs is 2. The SMILES string of the molecule is COc1ccc(N2CCN(C3=NC4C(C(=O)NC(=O)N4C)N3CCCSc3nc4ccccc4o3)CC2)cc1. The molecule has 0 aliphatic carbocycles. The summed E-state index contributed by atoms with van der Waals surface area (Å²) in [6, 6.07) is 14.8. The zero-order valence-corrected chi connectivity index (χ0v) is 22.8. The Kier molecular flexibility index (Phi) is 6.94. The van der Waals surface area contributed by atoms with Crippen LogP contribution >= 0.6 is 11.8 Å². The number of carbonyl (C=O) groups excluding carboxylic acids is 2. The van der Waals surface area contributed by atoms with Crippen molar-refractivity contribution >= 4 is 46.4 Å². The number of oxazole rings is 1.